The third-order valence-electron chi connectivity index (χ3n) is 6.61. The Morgan fingerprint density at radius 3 is 2.50 bits per heavy atom. The second-order valence-corrected chi connectivity index (χ2v) is 9.88. The van der Waals surface area contributed by atoms with Gasteiger partial charge in [-0.2, -0.15) is 0 Å². The molecule has 0 aromatic heterocycles. The molecule has 0 aliphatic heterocycles. The number of rotatable bonds is 8. The predicted octanol–water partition coefficient (Wildman–Crippen LogP) is 8.03. The van der Waals surface area contributed by atoms with Crippen LogP contribution in [0.4, 0.5) is 0 Å². The van der Waals surface area contributed by atoms with Gasteiger partial charge in [0.15, 0.2) is 0 Å². The van der Waals surface area contributed by atoms with Gasteiger partial charge in [0.2, 0.25) is 0 Å². The monoisotopic (exact) mass is 410 g/mol. The lowest BCUT2D eigenvalue weighted by Gasteiger charge is -2.32. The molecule has 0 unspecified atom stereocenters. The first-order chi connectivity index (χ1) is 14.3. The molecule has 1 fully saturated rings. The van der Waals surface area contributed by atoms with Crippen molar-refractivity contribution in [3.63, 3.8) is 0 Å². The number of esters is 1. The highest BCUT2D eigenvalue weighted by atomic mass is 16.5. The average Bonchev–Trinajstić information content (AvgIpc) is 2.68. The second kappa shape index (κ2) is 12.1. The fourth-order valence-electron chi connectivity index (χ4n) is 4.71. The SMILES string of the molecule is CC1=C(/C=C/C(C)=C\C=C\C(C)=C\C(=O)OCCC2CCCCC2)C(C)(C)CCC1. The molecule has 0 aromatic carbocycles. The molecule has 2 rings (SSSR count). The van der Waals surface area contributed by atoms with Gasteiger partial charge in [-0.15, -0.1) is 0 Å². The molecule has 166 valence electrons. The third-order valence-corrected chi connectivity index (χ3v) is 6.61. The topological polar surface area (TPSA) is 26.3 Å². The highest BCUT2D eigenvalue weighted by Gasteiger charge is 2.26. The van der Waals surface area contributed by atoms with Crippen LogP contribution in [0.15, 0.2) is 58.7 Å². The minimum atomic E-state index is -0.226. The minimum absolute atomic E-state index is 0.226. The van der Waals surface area contributed by atoms with Crippen LogP contribution in [-0.4, -0.2) is 12.6 Å². The Hall–Kier alpha value is -1.83. The van der Waals surface area contributed by atoms with Crippen molar-refractivity contribution in [2.24, 2.45) is 11.3 Å². The van der Waals surface area contributed by atoms with Crippen LogP contribution in [0.25, 0.3) is 0 Å². The van der Waals surface area contributed by atoms with Crippen LogP contribution >= 0.6 is 0 Å². The van der Waals surface area contributed by atoms with Crippen molar-refractivity contribution < 1.29 is 9.53 Å². The Morgan fingerprint density at radius 2 is 1.80 bits per heavy atom. The maximum atomic E-state index is 12.0. The van der Waals surface area contributed by atoms with E-state index < -0.39 is 0 Å². The molecule has 0 aromatic rings. The summed E-state index contributed by atoms with van der Waals surface area (Å²) in [5.41, 5.74) is 5.39. The molecule has 2 aliphatic carbocycles. The molecule has 2 aliphatic rings. The van der Waals surface area contributed by atoms with Crippen LogP contribution in [0.3, 0.4) is 0 Å². The summed E-state index contributed by atoms with van der Waals surface area (Å²) >= 11 is 0. The van der Waals surface area contributed by atoms with Gasteiger partial charge in [0.05, 0.1) is 6.61 Å². The minimum Gasteiger partial charge on any atom is -0.463 e. The molecule has 2 nitrogen and oxygen atoms in total. The van der Waals surface area contributed by atoms with E-state index in [1.165, 1.54) is 68.1 Å². The van der Waals surface area contributed by atoms with Gasteiger partial charge in [-0.25, -0.2) is 4.79 Å². The molecule has 0 spiro atoms. The van der Waals surface area contributed by atoms with E-state index in [0.29, 0.717) is 6.61 Å². The van der Waals surface area contributed by atoms with E-state index in [4.69, 9.17) is 4.74 Å². The average molecular weight is 411 g/mol. The maximum absolute atomic E-state index is 12.0. The smallest absolute Gasteiger partial charge is 0.331 e. The lowest BCUT2D eigenvalue weighted by atomic mass is 9.72. The Morgan fingerprint density at radius 1 is 1.07 bits per heavy atom. The van der Waals surface area contributed by atoms with Crippen LogP contribution in [-0.2, 0) is 9.53 Å². The summed E-state index contributed by atoms with van der Waals surface area (Å²) in [5, 5.41) is 0. The Balaban J connectivity index is 1.80. The number of hydrogen-bond donors (Lipinski definition) is 0. The summed E-state index contributed by atoms with van der Waals surface area (Å²) in [5.74, 6) is 0.520. The number of hydrogen-bond acceptors (Lipinski definition) is 2. The maximum Gasteiger partial charge on any atom is 0.331 e. The number of carbonyl (C=O) groups is 1. The second-order valence-electron chi connectivity index (χ2n) is 9.88. The van der Waals surface area contributed by atoms with Gasteiger partial charge in [-0.3, -0.25) is 0 Å². The molecule has 0 N–H and O–H groups in total. The van der Waals surface area contributed by atoms with Crippen molar-refractivity contribution in [1.29, 1.82) is 0 Å². The number of allylic oxidation sites excluding steroid dienone is 9. The third kappa shape index (κ3) is 8.50. The molecule has 0 atom stereocenters. The van der Waals surface area contributed by atoms with Crippen molar-refractivity contribution in [2.75, 3.05) is 6.61 Å². The van der Waals surface area contributed by atoms with Crippen molar-refractivity contribution in [3.8, 4) is 0 Å². The molecular weight excluding hydrogens is 368 g/mol. The summed E-state index contributed by atoms with van der Waals surface area (Å²) < 4.78 is 5.40. The highest BCUT2D eigenvalue weighted by molar-refractivity contribution is 5.83. The van der Waals surface area contributed by atoms with Crippen molar-refractivity contribution in [2.45, 2.75) is 92.4 Å². The molecule has 0 radical (unpaired) electrons. The predicted molar refractivity (Wildman–Crippen MR) is 128 cm³/mol. The van der Waals surface area contributed by atoms with E-state index >= 15 is 0 Å². The van der Waals surface area contributed by atoms with Gasteiger partial charge in [-0.05, 0) is 68.9 Å². The first-order valence-electron chi connectivity index (χ1n) is 11.9. The van der Waals surface area contributed by atoms with Gasteiger partial charge in [-0.1, -0.05) is 87.5 Å². The van der Waals surface area contributed by atoms with Crippen LogP contribution in [0.5, 0.6) is 0 Å². The quantitative estimate of drug-likeness (QED) is 0.230. The van der Waals surface area contributed by atoms with E-state index in [2.05, 4.69) is 45.9 Å². The van der Waals surface area contributed by atoms with Gasteiger partial charge in [0.1, 0.15) is 0 Å². The largest absolute Gasteiger partial charge is 0.463 e. The number of carbonyl (C=O) groups excluding carboxylic acids is 1. The van der Waals surface area contributed by atoms with Crippen molar-refractivity contribution in [3.05, 3.63) is 58.7 Å². The van der Waals surface area contributed by atoms with Crippen LogP contribution in [0, 0.1) is 11.3 Å². The Bertz CT molecular complexity index is 722. The summed E-state index contributed by atoms with van der Waals surface area (Å²) in [7, 11) is 0. The van der Waals surface area contributed by atoms with E-state index in [0.717, 1.165) is 17.9 Å². The first-order valence-corrected chi connectivity index (χ1v) is 11.9. The fourth-order valence-corrected chi connectivity index (χ4v) is 4.71. The fraction of sp³-hybridized carbons (Fsp3) is 0.607. The van der Waals surface area contributed by atoms with E-state index in [9.17, 15) is 4.79 Å². The van der Waals surface area contributed by atoms with Gasteiger partial charge in [0.25, 0.3) is 0 Å². The van der Waals surface area contributed by atoms with Crippen LogP contribution in [0.1, 0.15) is 92.4 Å². The summed E-state index contributed by atoms with van der Waals surface area (Å²) in [6, 6.07) is 0. The molecule has 2 heteroatoms. The lowest BCUT2D eigenvalue weighted by Crippen LogP contribution is -2.19. The highest BCUT2D eigenvalue weighted by Crippen LogP contribution is 2.40. The van der Waals surface area contributed by atoms with Gasteiger partial charge < -0.3 is 4.74 Å². The summed E-state index contributed by atoms with van der Waals surface area (Å²) in [4.78, 5) is 12.0. The normalized spacial score (nSPS) is 21.6. The van der Waals surface area contributed by atoms with E-state index in [1.807, 2.05) is 19.1 Å². The molecule has 0 amide bonds. The molecule has 0 bridgehead atoms. The number of ether oxygens (including phenoxy) is 1. The molecule has 0 saturated heterocycles. The Labute approximate surface area is 184 Å². The zero-order valence-corrected chi connectivity index (χ0v) is 19.9. The van der Waals surface area contributed by atoms with Gasteiger partial charge in [0, 0.05) is 6.08 Å². The van der Waals surface area contributed by atoms with Crippen molar-refractivity contribution >= 4 is 5.97 Å². The zero-order chi connectivity index (χ0) is 22.0. The lowest BCUT2D eigenvalue weighted by molar-refractivity contribution is -0.138. The first kappa shape index (κ1) is 24.4. The van der Waals surface area contributed by atoms with E-state index in [-0.39, 0.29) is 11.4 Å². The Kier molecular flexibility index (Phi) is 9.88. The van der Waals surface area contributed by atoms with Crippen molar-refractivity contribution in [1.82, 2.24) is 0 Å². The van der Waals surface area contributed by atoms with Crippen LogP contribution in [0.2, 0.25) is 0 Å². The summed E-state index contributed by atoms with van der Waals surface area (Å²) in [6.07, 6.45) is 23.6. The standard InChI is InChI=1S/C28H42O2/c1-22(16-17-26-24(3)13-10-19-28(26,4)5)11-9-12-23(2)21-27(29)30-20-18-25-14-7-6-8-15-25/h9,11-12,16-17,21,25H,6-8,10,13-15,18-20H2,1-5H3/b12-9+,17-16+,22-11-,23-21+. The molecule has 1 saturated carbocycles. The zero-order valence-electron chi connectivity index (χ0n) is 19.9. The molecular formula is C28H42O2. The summed E-state index contributed by atoms with van der Waals surface area (Å²) in [6.45, 7) is 11.6. The van der Waals surface area contributed by atoms with Crippen LogP contribution < -0.4 is 0 Å². The molecule has 0 heterocycles. The van der Waals surface area contributed by atoms with Gasteiger partial charge >= 0.3 is 5.97 Å². The molecule has 30 heavy (non-hydrogen) atoms. The van der Waals surface area contributed by atoms with E-state index in [1.54, 1.807) is 6.08 Å².